The highest BCUT2D eigenvalue weighted by atomic mass is 14.3. The highest BCUT2D eigenvalue weighted by Gasteiger charge is 2.26. The molecule has 1 aliphatic carbocycles. The molecule has 3 unspecified atom stereocenters. The van der Waals surface area contributed by atoms with E-state index in [0.29, 0.717) is 0 Å². The average Bonchev–Trinajstić information content (AvgIpc) is 2.69. The van der Waals surface area contributed by atoms with Gasteiger partial charge in [-0.1, -0.05) is 95.0 Å². The number of benzene rings is 2. The van der Waals surface area contributed by atoms with Gasteiger partial charge in [-0.25, -0.2) is 0 Å². The van der Waals surface area contributed by atoms with E-state index in [1.807, 2.05) is 0 Å². The third-order valence-electron chi connectivity index (χ3n) is 6.74. The van der Waals surface area contributed by atoms with E-state index in [2.05, 4.69) is 69.3 Å². The van der Waals surface area contributed by atoms with Crippen molar-refractivity contribution in [3.8, 4) is 11.1 Å². The molecule has 0 amide bonds. The molecule has 0 radical (unpaired) electrons. The monoisotopic (exact) mass is 362 g/mol. The number of hydrogen-bond acceptors (Lipinski definition) is 0. The first-order chi connectivity index (χ1) is 13.2. The van der Waals surface area contributed by atoms with E-state index in [4.69, 9.17) is 0 Å². The van der Waals surface area contributed by atoms with Crippen LogP contribution in [0.3, 0.4) is 0 Å². The van der Waals surface area contributed by atoms with E-state index in [1.165, 1.54) is 80.0 Å². The van der Waals surface area contributed by atoms with Gasteiger partial charge in [-0.2, -0.15) is 0 Å². The van der Waals surface area contributed by atoms with Crippen molar-refractivity contribution in [1.82, 2.24) is 0 Å². The van der Waals surface area contributed by atoms with Crippen LogP contribution in [0.2, 0.25) is 0 Å². The largest absolute Gasteiger partial charge is 0.0654 e. The van der Waals surface area contributed by atoms with Crippen LogP contribution in [0.1, 0.15) is 76.8 Å². The molecule has 0 spiro atoms. The molecule has 0 heterocycles. The molecule has 0 saturated heterocycles. The number of aryl methyl sites for hydroxylation is 2. The summed E-state index contributed by atoms with van der Waals surface area (Å²) in [7, 11) is 0. The summed E-state index contributed by atoms with van der Waals surface area (Å²) < 4.78 is 0. The second-order valence-electron chi connectivity index (χ2n) is 8.89. The Labute approximate surface area is 167 Å². The van der Waals surface area contributed by atoms with Gasteiger partial charge in [-0.15, -0.1) is 0 Å². The molecule has 1 fully saturated rings. The zero-order valence-electron chi connectivity index (χ0n) is 17.7. The molecular formula is C27H38. The first-order valence-electron chi connectivity index (χ1n) is 11.4. The predicted octanol–water partition coefficient (Wildman–Crippen LogP) is 8.09. The fourth-order valence-corrected chi connectivity index (χ4v) is 5.04. The zero-order valence-corrected chi connectivity index (χ0v) is 17.7. The fourth-order valence-electron chi connectivity index (χ4n) is 5.04. The van der Waals surface area contributed by atoms with Gasteiger partial charge in [0.25, 0.3) is 0 Å². The minimum Gasteiger partial charge on any atom is -0.0654 e. The summed E-state index contributed by atoms with van der Waals surface area (Å²) in [4.78, 5) is 0. The van der Waals surface area contributed by atoms with Gasteiger partial charge < -0.3 is 0 Å². The minimum atomic E-state index is 0.913. The van der Waals surface area contributed by atoms with Crippen LogP contribution in [0.5, 0.6) is 0 Å². The van der Waals surface area contributed by atoms with Crippen LogP contribution in [0.25, 0.3) is 11.1 Å². The van der Waals surface area contributed by atoms with Gasteiger partial charge in [0.1, 0.15) is 0 Å². The summed E-state index contributed by atoms with van der Waals surface area (Å²) in [5, 5.41) is 0. The molecule has 1 saturated carbocycles. The summed E-state index contributed by atoms with van der Waals surface area (Å²) in [6.07, 6.45) is 12.2. The van der Waals surface area contributed by atoms with Gasteiger partial charge in [-0.05, 0) is 72.1 Å². The van der Waals surface area contributed by atoms with Crippen LogP contribution in [0.4, 0.5) is 0 Å². The maximum Gasteiger partial charge on any atom is -0.0184 e. The van der Waals surface area contributed by atoms with Crippen molar-refractivity contribution in [2.24, 2.45) is 17.8 Å². The molecule has 0 aromatic heterocycles. The molecule has 3 atom stereocenters. The van der Waals surface area contributed by atoms with Gasteiger partial charge in [0.15, 0.2) is 0 Å². The van der Waals surface area contributed by atoms with Gasteiger partial charge in [-0.3, -0.25) is 0 Å². The molecule has 0 N–H and O–H groups in total. The lowest BCUT2D eigenvalue weighted by molar-refractivity contribution is 0.177. The highest BCUT2D eigenvalue weighted by Crippen LogP contribution is 2.38. The Morgan fingerprint density at radius 1 is 0.704 bits per heavy atom. The first-order valence-corrected chi connectivity index (χ1v) is 11.4. The molecule has 3 rings (SSSR count). The van der Waals surface area contributed by atoms with Crippen molar-refractivity contribution in [2.45, 2.75) is 78.6 Å². The van der Waals surface area contributed by atoms with Crippen LogP contribution < -0.4 is 0 Å². The second-order valence-corrected chi connectivity index (χ2v) is 8.89. The van der Waals surface area contributed by atoms with E-state index in [1.54, 1.807) is 0 Å². The molecule has 2 aromatic rings. The lowest BCUT2D eigenvalue weighted by Crippen LogP contribution is -2.23. The summed E-state index contributed by atoms with van der Waals surface area (Å²) in [5.74, 6) is 2.85. The van der Waals surface area contributed by atoms with Crippen molar-refractivity contribution in [1.29, 1.82) is 0 Å². The summed E-state index contributed by atoms with van der Waals surface area (Å²) in [5.41, 5.74) is 5.63. The summed E-state index contributed by atoms with van der Waals surface area (Å²) in [6, 6.07) is 18.4. The third-order valence-corrected chi connectivity index (χ3v) is 6.74. The van der Waals surface area contributed by atoms with Crippen molar-refractivity contribution in [3.63, 3.8) is 0 Å². The van der Waals surface area contributed by atoms with Gasteiger partial charge >= 0.3 is 0 Å². The SMILES string of the molecule is CCCc1ccc(-c2ccc(CCC3CCC(CCC)CC3C)cc2)cc1. The second kappa shape index (κ2) is 10.1. The van der Waals surface area contributed by atoms with Crippen molar-refractivity contribution in [2.75, 3.05) is 0 Å². The van der Waals surface area contributed by atoms with E-state index in [9.17, 15) is 0 Å². The maximum atomic E-state index is 2.50. The van der Waals surface area contributed by atoms with Crippen LogP contribution in [0, 0.1) is 17.8 Å². The molecule has 1 aliphatic rings. The van der Waals surface area contributed by atoms with Gasteiger partial charge in [0.05, 0.1) is 0 Å². The smallest absolute Gasteiger partial charge is 0.0184 e. The summed E-state index contributed by atoms with van der Waals surface area (Å²) >= 11 is 0. The van der Waals surface area contributed by atoms with Gasteiger partial charge in [0.2, 0.25) is 0 Å². The van der Waals surface area contributed by atoms with Crippen LogP contribution in [-0.2, 0) is 12.8 Å². The molecule has 0 nitrogen and oxygen atoms in total. The maximum absolute atomic E-state index is 2.50. The first kappa shape index (κ1) is 20.2. The molecule has 146 valence electrons. The number of rotatable bonds is 8. The van der Waals surface area contributed by atoms with Crippen LogP contribution in [0.15, 0.2) is 48.5 Å². The molecule has 0 aliphatic heterocycles. The average molecular weight is 363 g/mol. The normalized spacial score (nSPS) is 22.7. The zero-order chi connectivity index (χ0) is 19.1. The Kier molecular flexibility index (Phi) is 7.56. The third kappa shape index (κ3) is 5.71. The molecule has 0 bridgehead atoms. The van der Waals surface area contributed by atoms with E-state index >= 15 is 0 Å². The molecule has 27 heavy (non-hydrogen) atoms. The Hall–Kier alpha value is -1.56. The Balaban J connectivity index is 1.52. The molecular weight excluding hydrogens is 324 g/mol. The predicted molar refractivity (Wildman–Crippen MR) is 119 cm³/mol. The van der Waals surface area contributed by atoms with Crippen molar-refractivity contribution >= 4 is 0 Å². The quantitative estimate of drug-likeness (QED) is 0.445. The van der Waals surface area contributed by atoms with Crippen LogP contribution in [-0.4, -0.2) is 0 Å². The Morgan fingerprint density at radius 2 is 1.30 bits per heavy atom. The topological polar surface area (TPSA) is 0 Å². The Bertz CT molecular complexity index is 664. The molecule has 0 heteroatoms. The number of hydrogen-bond donors (Lipinski definition) is 0. The van der Waals surface area contributed by atoms with E-state index in [0.717, 1.165) is 17.8 Å². The lowest BCUT2D eigenvalue weighted by Gasteiger charge is -2.34. The molecule has 2 aromatic carbocycles. The lowest BCUT2D eigenvalue weighted by atomic mass is 9.72. The fraction of sp³-hybridized carbons (Fsp3) is 0.556. The van der Waals surface area contributed by atoms with Crippen molar-refractivity contribution < 1.29 is 0 Å². The standard InChI is InChI=1S/C27H38/c1-4-6-22-9-16-26(17-10-22)27-18-11-23(12-19-27)8-14-25-15-13-24(7-5-2)20-21(25)3/h9-12,16-19,21,24-25H,4-8,13-15,20H2,1-3H3. The highest BCUT2D eigenvalue weighted by molar-refractivity contribution is 5.63. The van der Waals surface area contributed by atoms with E-state index < -0.39 is 0 Å². The van der Waals surface area contributed by atoms with E-state index in [-0.39, 0.29) is 0 Å². The van der Waals surface area contributed by atoms with Crippen LogP contribution >= 0.6 is 0 Å². The summed E-state index contributed by atoms with van der Waals surface area (Å²) in [6.45, 7) is 7.07. The minimum absolute atomic E-state index is 0.913. The van der Waals surface area contributed by atoms with Gasteiger partial charge in [0, 0.05) is 0 Å². The van der Waals surface area contributed by atoms with Crippen molar-refractivity contribution in [3.05, 3.63) is 59.7 Å². The Morgan fingerprint density at radius 3 is 1.81 bits per heavy atom.